The van der Waals surface area contributed by atoms with Gasteiger partial charge in [-0.25, -0.2) is 9.37 Å². The number of carbonyl (C=O) groups is 1. The van der Waals surface area contributed by atoms with Gasteiger partial charge in [-0.05, 0) is 31.2 Å². The molecule has 0 spiro atoms. The number of aryl methyl sites for hydroxylation is 1. The topological polar surface area (TPSA) is 59.5 Å². The van der Waals surface area contributed by atoms with E-state index < -0.39 is 5.82 Å². The number of aromatic nitrogens is 2. The van der Waals surface area contributed by atoms with Crippen LogP contribution in [0.1, 0.15) is 21.9 Å². The molecule has 20 heavy (non-hydrogen) atoms. The zero-order chi connectivity index (χ0) is 14.1. The smallest absolute Gasteiger partial charge is 0.270 e. The van der Waals surface area contributed by atoms with Gasteiger partial charge >= 0.3 is 0 Å². The number of hydrogen-bond acceptors (Lipinski definition) is 3. The Bertz CT molecular complexity index is 762. The van der Waals surface area contributed by atoms with Gasteiger partial charge in [-0.1, -0.05) is 0 Å². The molecule has 102 valence electrons. The van der Waals surface area contributed by atoms with E-state index in [1.807, 2.05) is 0 Å². The molecule has 0 aliphatic rings. The molecule has 0 aliphatic heterocycles. The molecule has 5 nitrogen and oxygen atoms in total. The highest BCUT2D eigenvalue weighted by Crippen LogP contribution is 2.13. The van der Waals surface area contributed by atoms with Crippen LogP contribution in [-0.4, -0.2) is 15.3 Å². The summed E-state index contributed by atoms with van der Waals surface area (Å²) in [6, 6.07) is 6.36. The maximum atomic E-state index is 13.3. The summed E-state index contributed by atoms with van der Waals surface area (Å²) >= 11 is 0. The van der Waals surface area contributed by atoms with Crippen molar-refractivity contribution in [3.63, 3.8) is 0 Å². The first-order valence-corrected chi connectivity index (χ1v) is 6.10. The van der Waals surface area contributed by atoms with Crippen LogP contribution in [0.15, 0.2) is 41.1 Å². The fourth-order valence-corrected chi connectivity index (χ4v) is 2.07. The van der Waals surface area contributed by atoms with Gasteiger partial charge < -0.3 is 9.73 Å². The van der Waals surface area contributed by atoms with Gasteiger partial charge in [0.05, 0.1) is 18.5 Å². The molecule has 0 radical (unpaired) electrons. The molecule has 0 bridgehead atoms. The third kappa shape index (κ3) is 2.16. The van der Waals surface area contributed by atoms with Crippen LogP contribution in [0.5, 0.6) is 0 Å². The van der Waals surface area contributed by atoms with Crippen molar-refractivity contribution < 1.29 is 13.6 Å². The largest absolute Gasteiger partial charge is 0.467 e. The summed E-state index contributed by atoms with van der Waals surface area (Å²) in [6.07, 6.45) is 2.79. The second kappa shape index (κ2) is 4.80. The molecule has 0 saturated heterocycles. The van der Waals surface area contributed by atoms with Gasteiger partial charge in [0.25, 0.3) is 5.91 Å². The van der Waals surface area contributed by atoms with E-state index in [-0.39, 0.29) is 12.5 Å². The van der Waals surface area contributed by atoms with Crippen LogP contribution >= 0.6 is 0 Å². The van der Waals surface area contributed by atoms with Crippen molar-refractivity contribution >= 4 is 11.6 Å². The zero-order valence-electron chi connectivity index (χ0n) is 10.8. The molecule has 0 atom stereocenters. The minimum atomic E-state index is -0.421. The molecule has 6 heteroatoms. The van der Waals surface area contributed by atoms with E-state index in [0.717, 1.165) is 0 Å². The summed E-state index contributed by atoms with van der Waals surface area (Å²) in [5, 5.41) is 2.72. The van der Waals surface area contributed by atoms with E-state index in [1.54, 1.807) is 19.1 Å². The summed E-state index contributed by atoms with van der Waals surface area (Å²) in [6.45, 7) is 1.99. The van der Waals surface area contributed by atoms with E-state index in [1.165, 1.54) is 29.0 Å². The van der Waals surface area contributed by atoms with Crippen LogP contribution in [-0.2, 0) is 6.54 Å². The minimum Gasteiger partial charge on any atom is -0.467 e. The van der Waals surface area contributed by atoms with Crippen LogP contribution in [0, 0.1) is 12.7 Å². The van der Waals surface area contributed by atoms with E-state index in [0.29, 0.717) is 22.8 Å². The van der Waals surface area contributed by atoms with E-state index in [9.17, 15) is 9.18 Å². The zero-order valence-corrected chi connectivity index (χ0v) is 10.8. The van der Waals surface area contributed by atoms with Gasteiger partial charge in [0.15, 0.2) is 0 Å². The summed E-state index contributed by atoms with van der Waals surface area (Å²) < 4.78 is 19.9. The van der Waals surface area contributed by atoms with Crippen molar-refractivity contribution in [3.8, 4) is 0 Å². The first-order chi connectivity index (χ1) is 9.65. The predicted octanol–water partition coefficient (Wildman–Crippen LogP) is 2.30. The molecular formula is C14H12FN3O2. The molecule has 0 aromatic carbocycles. The van der Waals surface area contributed by atoms with Gasteiger partial charge in [-0.3, -0.25) is 9.20 Å². The van der Waals surface area contributed by atoms with Gasteiger partial charge in [0, 0.05) is 6.20 Å². The Morgan fingerprint density at radius 1 is 1.45 bits per heavy atom. The van der Waals surface area contributed by atoms with Crippen molar-refractivity contribution in [2.75, 3.05) is 0 Å². The lowest BCUT2D eigenvalue weighted by molar-refractivity contribution is 0.0941. The Hall–Kier alpha value is -2.63. The lowest BCUT2D eigenvalue weighted by atomic mass is 10.3. The van der Waals surface area contributed by atoms with Gasteiger partial charge in [0.1, 0.15) is 22.9 Å². The van der Waals surface area contributed by atoms with Crippen LogP contribution in [0.2, 0.25) is 0 Å². The van der Waals surface area contributed by atoms with Crippen molar-refractivity contribution in [2.45, 2.75) is 13.5 Å². The number of nitrogens with one attached hydrogen (secondary N) is 1. The highest BCUT2D eigenvalue weighted by molar-refractivity contribution is 5.94. The minimum absolute atomic E-state index is 0.272. The molecule has 3 rings (SSSR count). The average Bonchev–Trinajstić information content (AvgIpc) is 3.02. The highest BCUT2D eigenvalue weighted by atomic mass is 19.1. The van der Waals surface area contributed by atoms with Gasteiger partial charge in [-0.15, -0.1) is 0 Å². The first-order valence-electron chi connectivity index (χ1n) is 6.10. The quantitative estimate of drug-likeness (QED) is 0.796. The molecule has 0 unspecified atom stereocenters. The number of imidazole rings is 1. The summed E-state index contributed by atoms with van der Waals surface area (Å²) in [4.78, 5) is 16.4. The Labute approximate surface area is 114 Å². The number of amides is 1. The molecule has 1 amide bonds. The van der Waals surface area contributed by atoms with Crippen molar-refractivity contribution in [1.29, 1.82) is 0 Å². The Balaban J connectivity index is 1.90. The maximum absolute atomic E-state index is 13.3. The number of carbonyl (C=O) groups excluding carboxylic acids is 1. The van der Waals surface area contributed by atoms with Crippen molar-refractivity contribution in [2.24, 2.45) is 0 Å². The second-order valence-corrected chi connectivity index (χ2v) is 4.38. The fourth-order valence-electron chi connectivity index (χ4n) is 2.07. The molecule has 0 saturated carbocycles. The SMILES string of the molecule is Cc1nc2ccc(F)cn2c1C(=O)NCc1ccco1. The van der Waals surface area contributed by atoms with E-state index in [4.69, 9.17) is 4.42 Å². The van der Waals surface area contributed by atoms with E-state index in [2.05, 4.69) is 10.3 Å². The third-order valence-corrected chi connectivity index (χ3v) is 2.98. The van der Waals surface area contributed by atoms with Crippen LogP contribution < -0.4 is 5.32 Å². The Morgan fingerprint density at radius 3 is 3.05 bits per heavy atom. The first kappa shape index (κ1) is 12.4. The molecule has 1 N–H and O–H groups in total. The molecular weight excluding hydrogens is 261 g/mol. The summed E-state index contributed by atoms with van der Waals surface area (Å²) in [7, 11) is 0. The number of rotatable bonds is 3. The molecule has 3 heterocycles. The van der Waals surface area contributed by atoms with E-state index >= 15 is 0 Å². The number of nitrogens with zero attached hydrogens (tertiary/aromatic N) is 2. The fraction of sp³-hybridized carbons (Fsp3) is 0.143. The third-order valence-electron chi connectivity index (χ3n) is 2.98. The highest BCUT2D eigenvalue weighted by Gasteiger charge is 2.16. The number of fused-ring (bicyclic) bond motifs is 1. The molecule has 0 aliphatic carbocycles. The van der Waals surface area contributed by atoms with Gasteiger partial charge in [-0.2, -0.15) is 0 Å². The number of pyridine rings is 1. The lowest BCUT2D eigenvalue weighted by Gasteiger charge is -2.04. The number of furan rings is 1. The maximum Gasteiger partial charge on any atom is 0.270 e. The molecule has 3 aromatic rings. The van der Waals surface area contributed by atoms with Crippen LogP contribution in [0.4, 0.5) is 4.39 Å². The average molecular weight is 273 g/mol. The number of halogens is 1. The number of hydrogen-bond donors (Lipinski definition) is 1. The van der Waals surface area contributed by atoms with Crippen LogP contribution in [0.25, 0.3) is 5.65 Å². The van der Waals surface area contributed by atoms with Crippen molar-refractivity contribution in [1.82, 2.24) is 14.7 Å². The predicted molar refractivity (Wildman–Crippen MR) is 69.8 cm³/mol. The molecule has 3 aromatic heterocycles. The normalized spacial score (nSPS) is 10.9. The monoisotopic (exact) mass is 273 g/mol. The molecule has 0 fully saturated rings. The summed E-state index contributed by atoms with van der Waals surface area (Å²) in [5.74, 6) is -0.0945. The lowest BCUT2D eigenvalue weighted by Crippen LogP contribution is -2.24. The Kier molecular flexibility index (Phi) is 2.98. The van der Waals surface area contributed by atoms with Crippen LogP contribution in [0.3, 0.4) is 0 Å². The van der Waals surface area contributed by atoms with Gasteiger partial charge in [0.2, 0.25) is 0 Å². The van der Waals surface area contributed by atoms with Crippen molar-refractivity contribution in [3.05, 3.63) is 59.7 Å². The Morgan fingerprint density at radius 2 is 2.30 bits per heavy atom. The summed E-state index contributed by atoms with van der Waals surface area (Å²) in [5.41, 5.74) is 1.41. The standard InChI is InChI=1S/C14H12FN3O2/c1-9-13(14(19)16-7-11-3-2-6-20-11)18-8-10(15)4-5-12(18)17-9/h2-6,8H,7H2,1H3,(H,16,19). The second-order valence-electron chi connectivity index (χ2n) is 4.38.